The summed E-state index contributed by atoms with van der Waals surface area (Å²) >= 11 is 3.32. The number of nitriles is 1. The van der Waals surface area contributed by atoms with E-state index in [1.54, 1.807) is 24.3 Å². The van der Waals surface area contributed by atoms with Gasteiger partial charge in [0.2, 0.25) is 10.0 Å². The average Bonchev–Trinajstić information content (AvgIpc) is 3.14. The second-order valence-electron chi connectivity index (χ2n) is 6.63. The Morgan fingerprint density at radius 3 is 2.59 bits per heavy atom. The van der Waals surface area contributed by atoms with Gasteiger partial charge in [0, 0.05) is 46.4 Å². The van der Waals surface area contributed by atoms with Crippen LogP contribution in [0.3, 0.4) is 0 Å². The number of rotatable bonds is 4. The number of carbonyl (C=O) groups is 1. The van der Waals surface area contributed by atoms with Crippen LogP contribution in [0.15, 0.2) is 64.3 Å². The molecule has 1 aliphatic heterocycles. The van der Waals surface area contributed by atoms with Gasteiger partial charge in [-0.15, -0.1) is 0 Å². The van der Waals surface area contributed by atoms with E-state index in [0.29, 0.717) is 23.1 Å². The van der Waals surface area contributed by atoms with Crippen molar-refractivity contribution in [3.05, 3.63) is 69.9 Å². The number of nitrogens with zero attached hydrogens (tertiary/aromatic N) is 2. The Kier molecular flexibility index (Phi) is 5.12. The van der Waals surface area contributed by atoms with Crippen molar-refractivity contribution in [1.29, 1.82) is 5.26 Å². The summed E-state index contributed by atoms with van der Waals surface area (Å²) in [6.07, 6.45) is 6.21. The Bertz CT molecular complexity index is 1020. The lowest BCUT2D eigenvalue weighted by molar-refractivity contribution is 0.103. The van der Waals surface area contributed by atoms with Gasteiger partial charge in [0.25, 0.3) is 0 Å². The van der Waals surface area contributed by atoms with Gasteiger partial charge < -0.3 is 5.73 Å². The van der Waals surface area contributed by atoms with Gasteiger partial charge in [0.15, 0.2) is 5.78 Å². The molecule has 0 amide bonds. The van der Waals surface area contributed by atoms with Gasteiger partial charge in [0.1, 0.15) is 4.75 Å². The first-order valence-electron chi connectivity index (χ1n) is 8.28. The molecule has 0 spiro atoms. The Hall–Kier alpha value is -2.21. The number of halogens is 1. The van der Waals surface area contributed by atoms with Crippen LogP contribution in [0.1, 0.15) is 23.7 Å². The largest absolute Gasteiger partial charge is 0.323 e. The van der Waals surface area contributed by atoms with E-state index in [9.17, 15) is 13.2 Å². The molecule has 2 aliphatic rings. The number of hydrogen-bond donors (Lipinski definition) is 1. The highest BCUT2D eigenvalue weighted by molar-refractivity contribution is 9.10. The molecule has 1 aromatic carbocycles. The summed E-state index contributed by atoms with van der Waals surface area (Å²) in [5, 5.41) is 8.97. The SMILES string of the molecule is CC1(S(=O)(=O)N2C=C(C#N)CC2)C=CC(C(=O)c2ccc(Br)cc2)=CC1N. The third kappa shape index (κ3) is 3.38. The second-order valence-corrected chi connectivity index (χ2v) is 9.85. The van der Waals surface area contributed by atoms with Gasteiger partial charge >= 0.3 is 0 Å². The number of ketones is 1. The standard InChI is InChI=1S/C19H18BrN3O3S/c1-19(27(25,26)23-9-7-13(11-21)12-23)8-6-15(10-17(19)22)18(24)14-2-4-16(20)5-3-14/h2-6,8,10,12,17H,7,9,22H2,1H3. The van der Waals surface area contributed by atoms with Crippen LogP contribution >= 0.6 is 15.9 Å². The minimum absolute atomic E-state index is 0.218. The molecule has 6 nitrogen and oxygen atoms in total. The molecule has 0 saturated carbocycles. The molecule has 2 atom stereocenters. The van der Waals surface area contributed by atoms with Crippen LogP contribution in [0.4, 0.5) is 0 Å². The van der Waals surface area contributed by atoms with Gasteiger partial charge in [-0.25, -0.2) is 8.42 Å². The predicted octanol–water partition coefficient (Wildman–Crippen LogP) is 2.66. The number of hydrogen-bond acceptors (Lipinski definition) is 5. The molecule has 0 aromatic heterocycles. The summed E-state index contributed by atoms with van der Waals surface area (Å²) in [6.45, 7) is 1.74. The Morgan fingerprint density at radius 2 is 2.04 bits per heavy atom. The summed E-state index contributed by atoms with van der Waals surface area (Å²) < 4.78 is 26.8. The summed E-state index contributed by atoms with van der Waals surface area (Å²) in [7, 11) is -3.84. The van der Waals surface area contributed by atoms with Crippen LogP contribution in [0, 0.1) is 11.3 Å². The lowest BCUT2D eigenvalue weighted by atomic mass is 9.89. The number of carbonyl (C=O) groups excluding carboxylic acids is 1. The first kappa shape index (κ1) is 19.5. The van der Waals surface area contributed by atoms with E-state index in [-0.39, 0.29) is 12.3 Å². The molecule has 2 unspecified atom stereocenters. The van der Waals surface area contributed by atoms with Crippen LogP contribution in [-0.2, 0) is 10.0 Å². The van der Waals surface area contributed by atoms with Crippen molar-refractivity contribution in [3.8, 4) is 6.07 Å². The minimum Gasteiger partial charge on any atom is -0.323 e. The van der Waals surface area contributed by atoms with Crippen molar-refractivity contribution in [1.82, 2.24) is 4.31 Å². The fourth-order valence-electron chi connectivity index (χ4n) is 3.02. The first-order valence-corrected chi connectivity index (χ1v) is 10.5. The smallest absolute Gasteiger partial charge is 0.245 e. The second kappa shape index (κ2) is 7.08. The maximum Gasteiger partial charge on any atom is 0.245 e. The minimum atomic E-state index is -3.84. The Morgan fingerprint density at radius 1 is 1.37 bits per heavy atom. The fraction of sp³-hybridized carbons (Fsp3) is 0.263. The van der Waals surface area contributed by atoms with E-state index in [4.69, 9.17) is 11.0 Å². The van der Waals surface area contributed by atoms with Crippen molar-refractivity contribution in [2.24, 2.45) is 5.73 Å². The third-order valence-electron chi connectivity index (χ3n) is 4.89. The van der Waals surface area contributed by atoms with Gasteiger partial charge in [-0.2, -0.15) is 5.26 Å². The lowest BCUT2D eigenvalue weighted by Gasteiger charge is -2.36. The summed E-state index contributed by atoms with van der Waals surface area (Å²) in [5.74, 6) is -0.221. The zero-order valence-electron chi connectivity index (χ0n) is 14.6. The van der Waals surface area contributed by atoms with Crippen molar-refractivity contribution in [3.63, 3.8) is 0 Å². The summed E-state index contributed by atoms with van der Waals surface area (Å²) in [5.41, 5.74) is 7.45. The monoisotopic (exact) mass is 447 g/mol. The van der Waals surface area contributed by atoms with E-state index >= 15 is 0 Å². The first-order chi connectivity index (χ1) is 12.7. The molecule has 0 radical (unpaired) electrons. The molecule has 1 aromatic rings. The van der Waals surface area contributed by atoms with E-state index in [1.807, 2.05) is 6.07 Å². The maximum atomic E-state index is 13.1. The van der Waals surface area contributed by atoms with Gasteiger partial charge in [0.05, 0.1) is 6.07 Å². The Labute approximate surface area is 166 Å². The van der Waals surface area contributed by atoms with Crippen LogP contribution < -0.4 is 5.73 Å². The van der Waals surface area contributed by atoms with E-state index in [1.165, 1.54) is 35.7 Å². The highest BCUT2D eigenvalue weighted by Crippen LogP contribution is 2.34. The van der Waals surface area contributed by atoms with Crippen LogP contribution in [0.5, 0.6) is 0 Å². The van der Waals surface area contributed by atoms with Crippen molar-refractivity contribution in [2.45, 2.75) is 24.1 Å². The lowest BCUT2D eigenvalue weighted by Crippen LogP contribution is -2.54. The van der Waals surface area contributed by atoms with E-state index in [2.05, 4.69) is 15.9 Å². The maximum absolute atomic E-state index is 13.1. The highest BCUT2D eigenvalue weighted by atomic mass is 79.9. The molecular formula is C19H18BrN3O3S. The quantitative estimate of drug-likeness (QED) is 0.714. The normalized spacial score (nSPS) is 25.0. The van der Waals surface area contributed by atoms with E-state index < -0.39 is 20.8 Å². The molecule has 3 rings (SSSR count). The number of Topliss-reactive ketones (excluding diaryl/α,β-unsaturated/α-hetero) is 1. The molecule has 0 fully saturated rings. The number of benzene rings is 1. The summed E-state index contributed by atoms with van der Waals surface area (Å²) in [4.78, 5) is 12.7. The molecule has 140 valence electrons. The topological polar surface area (TPSA) is 104 Å². The number of allylic oxidation sites excluding steroid dienone is 2. The molecule has 27 heavy (non-hydrogen) atoms. The van der Waals surface area contributed by atoms with Gasteiger partial charge in [-0.1, -0.05) is 34.2 Å². The van der Waals surface area contributed by atoms with Crippen LogP contribution in [-0.4, -0.2) is 35.8 Å². The Balaban J connectivity index is 1.88. The molecule has 1 aliphatic carbocycles. The molecule has 0 saturated heterocycles. The van der Waals surface area contributed by atoms with E-state index in [0.717, 1.165) is 4.47 Å². The zero-order chi connectivity index (χ0) is 19.8. The number of sulfonamides is 1. The molecule has 8 heteroatoms. The van der Waals surface area contributed by atoms with Gasteiger partial charge in [-0.3, -0.25) is 9.10 Å². The van der Waals surface area contributed by atoms with Crippen LogP contribution in [0.2, 0.25) is 0 Å². The molecule has 1 heterocycles. The van der Waals surface area contributed by atoms with Crippen molar-refractivity contribution in [2.75, 3.05) is 6.54 Å². The van der Waals surface area contributed by atoms with Crippen molar-refractivity contribution >= 4 is 31.7 Å². The van der Waals surface area contributed by atoms with Gasteiger partial charge in [-0.05, 0) is 31.2 Å². The van der Waals surface area contributed by atoms with Crippen molar-refractivity contribution < 1.29 is 13.2 Å². The molecule has 2 N–H and O–H groups in total. The summed E-state index contributed by atoms with van der Waals surface area (Å²) in [6, 6.07) is 7.99. The third-order valence-corrected chi connectivity index (χ3v) is 7.85. The molecular weight excluding hydrogens is 430 g/mol. The number of nitrogens with two attached hydrogens (primary N) is 1. The van der Waals surface area contributed by atoms with Crippen LogP contribution in [0.25, 0.3) is 0 Å². The molecule has 0 bridgehead atoms. The predicted molar refractivity (Wildman–Crippen MR) is 106 cm³/mol. The highest BCUT2D eigenvalue weighted by Gasteiger charge is 2.47. The zero-order valence-corrected chi connectivity index (χ0v) is 17.0. The fourth-order valence-corrected chi connectivity index (χ4v) is 5.04. The average molecular weight is 448 g/mol.